The highest BCUT2D eigenvalue weighted by Crippen LogP contribution is 2.50. The first kappa shape index (κ1) is 84.9. The Morgan fingerprint density at radius 1 is 0.321 bits per heavy atom. The number of thiazole rings is 2. The molecule has 2 aromatic carbocycles. The maximum absolute atomic E-state index is 14.1. The van der Waals surface area contributed by atoms with Gasteiger partial charge >= 0.3 is 0 Å². The summed E-state index contributed by atoms with van der Waals surface area (Å²) < 4.78 is 80.8. The fraction of sp³-hybridized carbons (Fsp3) is 0.643. The Balaban J connectivity index is 0.918. The topological polar surface area (TPSA) is 170 Å². The average Bonchev–Trinajstić information content (AvgIpc) is 1.53. The summed E-state index contributed by atoms with van der Waals surface area (Å²) in [6.45, 7) is 14.3. The molecule has 0 aliphatic carbocycles. The SMILES string of the molecule is CCCCCCCCCCCCCCc1cc(C)sc1-c1nc2sc(-c3sc(-c4sc(-c5cc6c(cc(-c7cc(CCS(=O)(=O)NCCCCCCCCCC)c(C)s7)c7nsnc76)c6nsnc56)cc4CCS(=O)(=O)NCCCCCCCCCC)cc3CCCCCCCCCCCCCC)nc2s1. The van der Waals surface area contributed by atoms with Crippen molar-refractivity contribution < 1.29 is 16.8 Å². The summed E-state index contributed by atoms with van der Waals surface area (Å²) in [6, 6.07) is 13.6. The van der Waals surface area contributed by atoms with Crippen LogP contribution in [-0.2, 0) is 45.7 Å². The summed E-state index contributed by atoms with van der Waals surface area (Å²) in [5.41, 5.74) is 9.80. The molecule has 0 saturated carbocycles. The summed E-state index contributed by atoms with van der Waals surface area (Å²) in [5.74, 6) is 0.0143. The molecule has 8 aromatic heterocycles. The predicted molar refractivity (Wildman–Crippen MR) is 469 cm³/mol. The van der Waals surface area contributed by atoms with E-state index in [1.807, 2.05) is 11.3 Å². The Morgan fingerprint density at radius 2 is 0.651 bits per heavy atom. The highest BCUT2D eigenvalue weighted by molar-refractivity contribution is 7.89. The Labute approximate surface area is 669 Å². The van der Waals surface area contributed by atoms with Crippen molar-refractivity contribution in [1.29, 1.82) is 0 Å². The lowest BCUT2D eigenvalue weighted by atomic mass is 9.98. The minimum atomic E-state index is -3.60. The summed E-state index contributed by atoms with van der Waals surface area (Å²) in [4.78, 5) is 22.0. The Kier molecular flexibility index (Phi) is 36.2. The van der Waals surface area contributed by atoms with Gasteiger partial charge in [-0.3, -0.25) is 0 Å². The second-order valence-electron chi connectivity index (χ2n) is 30.0. The van der Waals surface area contributed by atoms with E-state index in [1.165, 1.54) is 261 Å². The van der Waals surface area contributed by atoms with E-state index in [-0.39, 0.29) is 11.5 Å². The molecule has 0 amide bonds. The van der Waals surface area contributed by atoms with E-state index in [4.69, 9.17) is 27.5 Å². The third-order valence-corrected chi connectivity index (χ3v) is 32.1. The van der Waals surface area contributed by atoms with Gasteiger partial charge in [-0.15, -0.1) is 45.3 Å². The molecule has 0 unspecified atom stereocenters. The van der Waals surface area contributed by atoms with Crippen LogP contribution in [0.25, 0.3) is 92.9 Å². The highest BCUT2D eigenvalue weighted by atomic mass is 32.2. The van der Waals surface area contributed by atoms with Gasteiger partial charge in [0.15, 0.2) is 9.66 Å². The molecule has 22 heteroatoms. The number of sulfonamides is 2. The predicted octanol–water partition coefficient (Wildman–Crippen LogP) is 27.8. The molecule has 0 aliphatic rings. The number of thiophene rings is 4. The first-order chi connectivity index (χ1) is 51.8. The average molecular weight is 1630 g/mol. The molecule has 582 valence electrons. The van der Waals surface area contributed by atoms with E-state index in [2.05, 4.69) is 87.4 Å². The fourth-order valence-electron chi connectivity index (χ4n) is 14.9. The van der Waals surface area contributed by atoms with E-state index in [0.717, 1.165) is 157 Å². The number of hydrogen-bond acceptors (Lipinski definition) is 18. The van der Waals surface area contributed by atoms with E-state index in [9.17, 15) is 16.8 Å². The number of nitrogens with zero attached hydrogens (tertiary/aromatic N) is 6. The molecule has 12 nitrogen and oxygen atoms in total. The second-order valence-corrected chi connectivity index (χ2v) is 41.5. The van der Waals surface area contributed by atoms with E-state index >= 15 is 0 Å². The van der Waals surface area contributed by atoms with Gasteiger partial charge in [-0.25, -0.2) is 36.2 Å². The highest BCUT2D eigenvalue weighted by Gasteiger charge is 2.27. The molecule has 10 rings (SSSR count). The van der Waals surface area contributed by atoms with Crippen LogP contribution < -0.4 is 9.44 Å². The van der Waals surface area contributed by atoms with Crippen molar-refractivity contribution in [2.45, 2.75) is 324 Å². The molecule has 8 heterocycles. The molecule has 0 aliphatic heterocycles. The van der Waals surface area contributed by atoms with Crippen LogP contribution >= 0.6 is 91.5 Å². The van der Waals surface area contributed by atoms with Gasteiger partial charge in [-0.2, -0.15) is 17.5 Å². The molecule has 10 aromatic rings. The number of benzene rings is 2. The zero-order valence-electron chi connectivity index (χ0n) is 64.8. The molecule has 0 spiro atoms. The van der Waals surface area contributed by atoms with Crippen LogP contribution in [0.1, 0.15) is 317 Å². The summed E-state index contributed by atoms with van der Waals surface area (Å²) in [5, 5.41) is 3.97. The summed E-state index contributed by atoms with van der Waals surface area (Å²) >= 11 is 12.9. The van der Waals surface area contributed by atoms with Gasteiger partial charge in [0.25, 0.3) is 0 Å². The summed E-state index contributed by atoms with van der Waals surface area (Å²) in [7, 11) is -7.05. The quantitative estimate of drug-likeness (QED) is 0.0350. The molecule has 2 N–H and O–H groups in total. The third kappa shape index (κ3) is 25.8. The van der Waals surface area contributed by atoms with Crippen molar-refractivity contribution in [3.8, 4) is 50.4 Å². The van der Waals surface area contributed by atoms with Gasteiger partial charge in [0, 0.05) is 64.3 Å². The third-order valence-electron chi connectivity index (χ3n) is 21.1. The Hall–Kier alpha value is -3.52. The Morgan fingerprint density at radius 3 is 1.08 bits per heavy atom. The van der Waals surface area contributed by atoms with E-state index in [1.54, 1.807) is 56.7 Å². The molecule has 0 saturated heterocycles. The van der Waals surface area contributed by atoms with Crippen LogP contribution in [0.5, 0.6) is 0 Å². The number of aryl methyl sites for hydroxylation is 6. The lowest BCUT2D eigenvalue weighted by molar-refractivity contribution is 0.544. The molecule has 0 radical (unpaired) electrons. The fourth-order valence-corrected chi connectivity index (χ4v) is 25.2. The van der Waals surface area contributed by atoms with Crippen LogP contribution in [0.3, 0.4) is 0 Å². The molecule has 106 heavy (non-hydrogen) atoms. The first-order valence-corrected chi connectivity index (χ1v) is 50.9. The molecular formula is C84H122N8O4S10. The Bertz CT molecular complexity index is 4440. The van der Waals surface area contributed by atoms with Crippen molar-refractivity contribution in [3.05, 3.63) is 68.4 Å². The van der Waals surface area contributed by atoms with Gasteiger partial charge in [0.05, 0.1) is 44.7 Å². The van der Waals surface area contributed by atoms with Gasteiger partial charge in [-0.05, 0) is 124 Å². The standard InChI is InChI=1S/C84H122N8O4S10/c1-7-11-15-19-23-27-29-31-33-35-39-43-47-64-55-61(5)97-79(64)81-87-83-84(101-81)88-82(102-83)80-65(48-44-40-36-34-32-30-28-24-20-16-12-8-2)58-73(100-80)78-66(50-54-106(95,96)86-52-46-42-38-26-22-18-14-10-4)57-72(99-78)70-60-68-67(75-77(70)92-104-90-75)59-69(76-74(68)89-103-91-76)71-56-63(62(6)98-71)49-53-105(93,94)85-51-45-41-37-25-21-17-13-9-3/h55-60,85-86H,7-54H2,1-6H3. The number of aromatic nitrogens is 6. The van der Waals surface area contributed by atoms with Crippen LogP contribution in [0.4, 0.5) is 0 Å². The van der Waals surface area contributed by atoms with Crippen molar-refractivity contribution in [2.24, 2.45) is 0 Å². The second kappa shape index (κ2) is 45.2. The minimum Gasteiger partial charge on any atom is -0.222 e. The summed E-state index contributed by atoms with van der Waals surface area (Å²) in [6.07, 6.45) is 53.1. The first-order valence-electron chi connectivity index (χ1n) is 41.3. The largest absolute Gasteiger partial charge is 0.222 e. The maximum Gasteiger partial charge on any atom is 0.211 e. The van der Waals surface area contributed by atoms with E-state index < -0.39 is 20.0 Å². The molecular weight excluding hydrogens is 1510 g/mol. The number of hydrogen-bond donors (Lipinski definition) is 2. The van der Waals surface area contributed by atoms with Gasteiger partial charge < -0.3 is 0 Å². The smallest absolute Gasteiger partial charge is 0.211 e. The molecule has 0 bridgehead atoms. The van der Waals surface area contributed by atoms with Crippen molar-refractivity contribution >= 4 is 154 Å². The van der Waals surface area contributed by atoms with Crippen molar-refractivity contribution in [1.82, 2.24) is 36.9 Å². The van der Waals surface area contributed by atoms with Gasteiger partial charge in [0.2, 0.25) is 20.0 Å². The normalized spacial score (nSPS) is 12.4. The number of rotatable bonds is 57. The van der Waals surface area contributed by atoms with Crippen LogP contribution in [-0.4, -0.2) is 68.9 Å². The molecule has 0 atom stereocenters. The van der Waals surface area contributed by atoms with Crippen molar-refractivity contribution in [2.75, 3.05) is 24.6 Å². The van der Waals surface area contributed by atoms with Crippen LogP contribution in [0.15, 0.2) is 36.4 Å². The number of fused-ring (bicyclic) bond motifs is 6. The number of nitrogens with one attached hydrogen (secondary N) is 2. The van der Waals surface area contributed by atoms with E-state index in [0.29, 0.717) is 25.9 Å². The van der Waals surface area contributed by atoms with Crippen LogP contribution in [0.2, 0.25) is 0 Å². The van der Waals surface area contributed by atoms with Gasteiger partial charge in [-0.1, -0.05) is 282 Å². The zero-order chi connectivity index (χ0) is 74.4. The molecule has 0 fully saturated rings. The van der Waals surface area contributed by atoms with Gasteiger partial charge in [0.1, 0.15) is 32.1 Å². The zero-order valence-corrected chi connectivity index (χ0v) is 73.0. The lowest BCUT2D eigenvalue weighted by Gasteiger charge is -2.08. The maximum atomic E-state index is 14.1. The lowest BCUT2D eigenvalue weighted by Crippen LogP contribution is -2.28. The monoisotopic (exact) mass is 1630 g/mol. The number of unbranched alkanes of at least 4 members (excludes halogenated alkanes) is 36. The van der Waals surface area contributed by atoms with Crippen LogP contribution in [0, 0.1) is 13.8 Å². The van der Waals surface area contributed by atoms with Crippen molar-refractivity contribution in [3.63, 3.8) is 0 Å². The minimum absolute atomic E-state index is 0.0199.